The minimum absolute atomic E-state index is 0.00744. The molecule has 2 N–H and O–H groups in total. The van der Waals surface area contributed by atoms with Crippen molar-refractivity contribution in [3.63, 3.8) is 0 Å². The van der Waals surface area contributed by atoms with Crippen LogP contribution < -0.4 is 5.48 Å². The number of carboxylic acid groups (broad SMARTS) is 1. The zero-order chi connectivity index (χ0) is 9.61. The van der Waals surface area contributed by atoms with E-state index < -0.39 is 11.6 Å². The molecule has 0 atom stereocenters. The molecule has 0 aromatic rings. The van der Waals surface area contributed by atoms with Crippen molar-refractivity contribution in [3.05, 3.63) is 0 Å². The molecule has 0 heterocycles. The first-order valence-corrected chi connectivity index (χ1v) is 3.71. The van der Waals surface area contributed by atoms with Gasteiger partial charge in [-0.25, -0.2) is 4.89 Å². The van der Waals surface area contributed by atoms with Crippen molar-refractivity contribution in [2.45, 2.75) is 32.8 Å². The van der Waals surface area contributed by atoms with Crippen molar-refractivity contribution in [1.29, 1.82) is 0 Å². The Balaban J connectivity index is 3.17. The molecule has 0 aromatic carbocycles. The van der Waals surface area contributed by atoms with Gasteiger partial charge in [-0.1, -0.05) is 0 Å². The summed E-state index contributed by atoms with van der Waals surface area (Å²) in [4.78, 5) is 19.4. The fourth-order valence-corrected chi connectivity index (χ4v) is 0.354. The number of rotatable bonds is 5. The Morgan fingerprint density at radius 3 is 2.50 bits per heavy atom. The van der Waals surface area contributed by atoms with Gasteiger partial charge in [-0.2, -0.15) is 5.48 Å². The quantitative estimate of drug-likeness (QED) is 0.368. The van der Waals surface area contributed by atoms with Gasteiger partial charge in [0.1, 0.15) is 0 Å². The third-order valence-electron chi connectivity index (χ3n) is 0.792. The molecule has 0 fully saturated rings. The second-order valence-corrected chi connectivity index (χ2v) is 3.32. The van der Waals surface area contributed by atoms with Gasteiger partial charge in [0.2, 0.25) is 0 Å². The zero-order valence-corrected chi connectivity index (χ0v) is 7.59. The maximum atomic E-state index is 10.0. The molecule has 0 unspecified atom stereocenters. The lowest BCUT2D eigenvalue weighted by atomic mass is 10.2. The summed E-state index contributed by atoms with van der Waals surface area (Å²) in [5.41, 5.74) is 1.98. The van der Waals surface area contributed by atoms with E-state index in [0.29, 0.717) is 0 Å². The zero-order valence-electron chi connectivity index (χ0n) is 7.59. The molecule has 0 spiro atoms. The van der Waals surface area contributed by atoms with Crippen LogP contribution in [-0.4, -0.2) is 23.2 Å². The van der Waals surface area contributed by atoms with Crippen LogP contribution in [0.15, 0.2) is 0 Å². The second kappa shape index (κ2) is 5.08. The number of hydrogen-bond donors (Lipinski definition) is 2. The van der Waals surface area contributed by atoms with E-state index in [4.69, 9.17) is 9.99 Å². The van der Waals surface area contributed by atoms with E-state index in [9.17, 15) is 4.79 Å². The number of aliphatic carboxylic acids is 1. The molecule has 0 saturated heterocycles. The van der Waals surface area contributed by atoms with Crippen molar-refractivity contribution in [3.8, 4) is 0 Å². The van der Waals surface area contributed by atoms with Gasteiger partial charge in [0.15, 0.2) is 0 Å². The third-order valence-corrected chi connectivity index (χ3v) is 0.792. The summed E-state index contributed by atoms with van der Waals surface area (Å²) < 4.78 is 0. The molecular weight excluding hydrogens is 162 g/mol. The summed E-state index contributed by atoms with van der Waals surface area (Å²) >= 11 is 0. The SMILES string of the molecule is CC(C)(C)OONCCC(=O)O. The van der Waals surface area contributed by atoms with Crippen molar-refractivity contribution >= 4 is 5.97 Å². The highest BCUT2D eigenvalue weighted by Gasteiger charge is 2.11. The average Bonchev–Trinajstić information content (AvgIpc) is 1.83. The monoisotopic (exact) mass is 177 g/mol. The van der Waals surface area contributed by atoms with Crippen LogP contribution >= 0.6 is 0 Å². The molecule has 0 aliphatic carbocycles. The normalized spacial score (nSPS) is 11.6. The molecule has 0 aliphatic rings. The van der Waals surface area contributed by atoms with Gasteiger partial charge in [0.05, 0.1) is 12.0 Å². The average molecular weight is 177 g/mol. The standard InChI is InChI=1S/C7H15NO4/c1-7(2,3)11-12-8-5-4-6(9)10/h8H,4-5H2,1-3H3,(H,9,10). The lowest BCUT2D eigenvalue weighted by Crippen LogP contribution is -2.26. The Bertz CT molecular complexity index is 141. The van der Waals surface area contributed by atoms with Crippen molar-refractivity contribution in [2.75, 3.05) is 6.54 Å². The molecule has 5 nitrogen and oxygen atoms in total. The van der Waals surface area contributed by atoms with E-state index in [2.05, 4.69) is 10.5 Å². The minimum Gasteiger partial charge on any atom is -0.481 e. The summed E-state index contributed by atoms with van der Waals surface area (Å²) in [7, 11) is 0. The molecule has 0 radical (unpaired) electrons. The van der Waals surface area contributed by atoms with E-state index in [-0.39, 0.29) is 13.0 Å². The smallest absolute Gasteiger partial charge is 0.304 e. The largest absolute Gasteiger partial charge is 0.481 e. The first kappa shape index (κ1) is 11.4. The molecule has 0 aromatic heterocycles. The third kappa shape index (κ3) is 9.35. The lowest BCUT2D eigenvalue weighted by molar-refractivity contribution is -0.383. The summed E-state index contributed by atoms with van der Waals surface area (Å²) in [5, 5.41) is 8.24. The Morgan fingerprint density at radius 1 is 1.50 bits per heavy atom. The molecule has 0 bridgehead atoms. The maximum Gasteiger partial charge on any atom is 0.304 e. The van der Waals surface area contributed by atoms with Gasteiger partial charge in [0.25, 0.3) is 0 Å². The van der Waals surface area contributed by atoms with Crippen LogP contribution in [-0.2, 0) is 14.7 Å². The number of carboxylic acids is 1. The number of carbonyl (C=O) groups is 1. The van der Waals surface area contributed by atoms with Crippen molar-refractivity contribution < 1.29 is 19.8 Å². The Kier molecular flexibility index (Phi) is 4.80. The Labute approximate surface area is 71.5 Å². The molecule has 0 saturated carbocycles. The minimum atomic E-state index is -0.873. The van der Waals surface area contributed by atoms with Crippen LogP contribution in [0, 0.1) is 0 Å². The van der Waals surface area contributed by atoms with Crippen LogP contribution in [0.25, 0.3) is 0 Å². The molecule has 5 heteroatoms. The molecular formula is C7H15NO4. The van der Waals surface area contributed by atoms with Gasteiger partial charge in [-0.3, -0.25) is 4.79 Å². The number of hydroxylamine groups is 1. The Hall–Kier alpha value is -0.650. The highest BCUT2D eigenvalue weighted by atomic mass is 17.3. The van der Waals surface area contributed by atoms with E-state index in [1.165, 1.54) is 0 Å². The van der Waals surface area contributed by atoms with E-state index in [1.54, 1.807) is 0 Å². The van der Waals surface area contributed by atoms with Gasteiger partial charge < -0.3 is 5.11 Å². The fraction of sp³-hybridized carbons (Fsp3) is 0.857. The summed E-state index contributed by atoms with van der Waals surface area (Å²) in [6, 6.07) is 0. The van der Waals surface area contributed by atoms with Crippen LogP contribution in [0.5, 0.6) is 0 Å². The van der Waals surface area contributed by atoms with Gasteiger partial charge in [0, 0.05) is 6.54 Å². The molecule has 12 heavy (non-hydrogen) atoms. The predicted molar refractivity (Wildman–Crippen MR) is 42.2 cm³/mol. The molecule has 72 valence electrons. The summed E-state index contributed by atoms with van der Waals surface area (Å²) in [6.45, 7) is 5.70. The summed E-state index contributed by atoms with van der Waals surface area (Å²) in [5.74, 6) is -0.873. The number of nitrogens with one attached hydrogen (secondary N) is 1. The van der Waals surface area contributed by atoms with Crippen LogP contribution in [0.4, 0.5) is 0 Å². The first-order valence-electron chi connectivity index (χ1n) is 3.71. The van der Waals surface area contributed by atoms with Gasteiger partial charge >= 0.3 is 5.97 Å². The first-order chi connectivity index (χ1) is 5.42. The maximum absolute atomic E-state index is 10.0. The molecule has 0 aliphatic heterocycles. The van der Waals surface area contributed by atoms with E-state index in [1.807, 2.05) is 20.8 Å². The Morgan fingerprint density at radius 2 is 2.08 bits per heavy atom. The van der Waals surface area contributed by atoms with Crippen LogP contribution in [0.1, 0.15) is 27.2 Å². The highest BCUT2D eigenvalue weighted by molar-refractivity contribution is 5.66. The van der Waals surface area contributed by atoms with Gasteiger partial charge in [-0.15, -0.1) is 4.99 Å². The second-order valence-electron chi connectivity index (χ2n) is 3.32. The van der Waals surface area contributed by atoms with E-state index in [0.717, 1.165) is 0 Å². The van der Waals surface area contributed by atoms with Gasteiger partial charge in [-0.05, 0) is 20.8 Å². The van der Waals surface area contributed by atoms with Crippen LogP contribution in [0.3, 0.4) is 0 Å². The lowest BCUT2D eigenvalue weighted by Gasteiger charge is -2.16. The van der Waals surface area contributed by atoms with Crippen LogP contribution in [0.2, 0.25) is 0 Å². The highest BCUT2D eigenvalue weighted by Crippen LogP contribution is 2.05. The van der Waals surface area contributed by atoms with Crippen molar-refractivity contribution in [2.24, 2.45) is 0 Å². The number of hydrogen-bond acceptors (Lipinski definition) is 4. The fourth-order valence-electron chi connectivity index (χ4n) is 0.354. The topological polar surface area (TPSA) is 67.8 Å². The van der Waals surface area contributed by atoms with E-state index >= 15 is 0 Å². The molecule has 0 amide bonds. The predicted octanol–water partition coefficient (Wildman–Crippen LogP) is 0.712. The summed E-state index contributed by atoms with van der Waals surface area (Å²) in [6.07, 6.45) is 0.00744. The van der Waals surface area contributed by atoms with Crippen molar-refractivity contribution in [1.82, 2.24) is 5.48 Å². The molecule has 0 rings (SSSR count).